The third-order valence-electron chi connectivity index (χ3n) is 9.10. The number of esters is 1. The van der Waals surface area contributed by atoms with Crippen LogP contribution in [0.15, 0.2) is 42.0 Å². The van der Waals surface area contributed by atoms with Crippen LogP contribution in [0.3, 0.4) is 0 Å². The first-order valence-corrected chi connectivity index (χ1v) is 12.3. The van der Waals surface area contributed by atoms with Crippen molar-refractivity contribution in [2.75, 3.05) is 19.6 Å². The summed E-state index contributed by atoms with van der Waals surface area (Å²) < 4.78 is 5.85. The molecule has 1 N–H and O–H groups in total. The number of fused-ring (bicyclic) bond motifs is 2. The maximum Gasteiger partial charge on any atom is 0.311 e. The van der Waals surface area contributed by atoms with Gasteiger partial charge in [-0.15, -0.1) is 0 Å². The van der Waals surface area contributed by atoms with Gasteiger partial charge in [-0.1, -0.05) is 55.8 Å². The van der Waals surface area contributed by atoms with E-state index < -0.39 is 6.10 Å². The number of nitrogens with zero attached hydrogens (tertiary/aromatic N) is 1. The lowest BCUT2D eigenvalue weighted by atomic mass is 9.55. The minimum absolute atomic E-state index is 0.0720. The van der Waals surface area contributed by atoms with Gasteiger partial charge in [0.1, 0.15) is 6.10 Å². The van der Waals surface area contributed by atoms with Crippen LogP contribution in [0.1, 0.15) is 51.5 Å². The highest BCUT2D eigenvalue weighted by atomic mass is 16.6. The highest BCUT2D eigenvalue weighted by Gasteiger charge is 2.59. The molecule has 0 spiro atoms. The standard InChI is InChI=1S/C27H37NO3/c1-18-7-6-10-21-16-23-24(25(29)27(18,21)2)22(26(30)31-23)17-28-13-11-20(12-14-28)15-19-8-4-3-5-9-19/h3-5,8-10,18,20,22-25,29H,6-7,11-17H2,1-2H3/t18-,22+,23-,24+,25+,27-/m1/s1. The van der Waals surface area contributed by atoms with Crippen molar-refractivity contribution in [2.24, 2.45) is 29.1 Å². The molecule has 2 heterocycles. The van der Waals surface area contributed by atoms with Crippen LogP contribution in [0.5, 0.6) is 0 Å². The van der Waals surface area contributed by atoms with Gasteiger partial charge < -0.3 is 14.7 Å². The maximum atomic E-state index is 12.9. The summed E-state index contributed by atoms with van der Waals surface area (Å²) in [5.41, 5.74) is 2.52. The monoisotopic (exact) mass is 423 g/mol. The van der Waals surface area contributed by atoms with Crippen LogP contribution in [0.25, 0.3) is 0 Å². The number of aliphatic hydroxyl groups excluding tert-OH is 1. The van der Waals surface area contributed by atoms with Crippen molar-refractivity contribution < 1.29 is 14.6 Å². The molecule has 2 saturated heterocycles. The molecule has 6 atom stereocenters. The summed E-state index contributed by atoms with van der Waals surface area (Å²) in [5.74, 6) is 0.803. The van der Waals surface area contributed by atoms with Crippen LogP contribution in [0.2, 0.25) is 0 Å². The van der Waals surface area contributed by atoms with E-state index in [0.717, 1.165) is 51.2 Å². The zero-order chi connectivity index (χ0) is 21.6. The fraction of sp³-hybridized carbons (Fsp3) is 0.667. The molecule has 0 radical (unpaired) electrons. The highest BCUT2D eigenvalue weighted by molar-refractivity contribution is 5.76. The van der Waals surface area contributed by atoms with Crippen LogP contribution in [0, 0.1) is 29.1 Å². The van der Waals surface area contributed by atoms with Gasteiger partial charge in [0.15, 0.2) is 0 Å². The molecule has 5 rings (SSSR count). The number of aliphatic hydroxyl groups is 1. The van der Waals surface area contributed by atoms with Gasteiger partial charge in [-0.2, -0.15) is 0 Å². The summed E-state index contributed by atoms with van der Waals surface area (Å²) in [4.78, 5) is 15.3. The zero-order valence-electron chi connectivity index (χ0n) is 19.0. The van der Waals surface area contributed by atoms with E-state index in [-0.39, 0.29) is 29.3 Å². The Morgan fingerprint density at radius 2 is 1.90 bits per heavy atom. The number of ether oxygens (including phenoxy) is 1. The van der Waals surface area contributed by atoms with Gasteiger partial charge in [0, 0.05) is 24.3 Å². The zero-order valence-corrected chi connectivity index (χ0v) is 19.0. The Bertz CT molecular complexity index is 828. The van der Waals surface area contributed by atoms with Crippen molar-refractivity contribution in [3.8, 4) is 0 Å². The number of piperidine rings is 1. The molecule has 1 aromatic rings. The van der Waals surface area contributed by atoms with Crippen molar-refractivity contribution in [3.05, 3.63) is 47.5 Å². The predicted octanol–water partition coefficient (Wildman–Crippen LogP) is 4.23. The minimum atomic E-state index is -0.500. The summed E-state index contributed by atoms with van der Waals surface area (Å²) in [6.45, 7) is 7.29. The predicted molar refractivity (Wildman–Crippen MR) is 121 cm³/mol. The van der Waals surface area contributed by atoms with Crippen LogP contribution < -0.4 is 0 Å². The van der Waals surface area contributed by atoms with Gasteiger partial charge in [0.25, 0.3) is 0 Å². The van der Waals surface area contributed by atoms with E-state index in [1.807, 2.05) is 0 Å². The Morgan fingerprint density at radius 3 is 2.65 bits per heavy atom. The summed E-state index contributed by atoms with van der Waals surface area (Å²) in [7, 11) is 0. The Hall–Kier alpha value is -1.65. The summed E-state index contributed by atoms with van der Waals surface area (Å²) in [5, 5.41) is 11.5. The number of rotatable bonds is 4. The third-order valence-corrected chi connectivity index (χ3v) is 9.10. The average Bonchev–Trinajstić information content (AvgIpc) is 3.07. The molecule has 1 aromatic carbocycles. The van der Waals surface area contributed by atoms with Gasteiger partial charge in [0.2, 0.25) is 0 Å². The van der Waals surface area contributed by atoms with Gasteiger partial charge in [-0.05, 0) is 62.6 Å². The Morgan fingerprint density at radius 1 is 1.16 bits per heavy atom. The minimum Gasteiger partial charge on any atom is -0.461 e. The highest BCUT2D eigenvalue weighted by Crippen LogP contribution is 2.56. The molecule has 31 heavy (non-hydrogen) atoms. The third kappa shape index (κ3) is 3.76. The lowest BCUT2D eigenvalue weighted by molar-refractivity contribution is -0.145. The maximum absolute atomic E-state index is 12.9. The SMILES string of the molecule is C[C@@H]1CCC=C2C[C@H]3OC(=O)[C@@H](CN4CCC(Cc5ccccc5)CC4)[C@@H]3[C@H](O)[C@@]21C. The van der Waals surface area contributed by atoms with Gasteiger partial charge in [0.05, 0.1) is 12.0 Å². The molecule has 4 aliphatic rings. The van der Waals surface area contributed by atoms with Gasteiger partial charge >= 0.3 is 5.97 Å². The van der Waals surface area contributed by atoms with E-state index in [2.05, 4.69) is 55.2 Å². The molecule has 1 saturated carbocycles. The average molecular weight is 424 g/mol. The molecule has 0 aromatic heterocycles. The number of carbonyl (C=O) groups is 1. The van der Waals surface area contributed by atoms with E-state index in [0.29, 0.717) is 5.92 Å². The molecule has 0 amide bonds. The first-order chi connectivity index (χ1) is 15.0. The molecule has 2 aliphatic heterocycles. The number of allylic oxidation sites excluding steroid dienone is 1. The second-order valence-corrected chi connectivity index (χ2v) is 10.7. The van der Waals surface area contributed by atoms with E-state index in [1.54, 1.807) is 0 Å². The molecular formula is C27H37NO3. The van der Waals surface area contributed by atoms with E-state index >= 15 is 0 Å². The van der Waals surface area contributed by atoms with Crippen LogP contribution in [-0.2, 0) is 16.0 Å². The van der Waals surface area contributed by atoms with Crippen LogP contribution in [0.4, 0.5) is 0 Å². The number of likely N-dealkylation sites (tertiary alicyclic amines) is 1. The van der Waals surface area contributed by atoms with Crippen molar-refractivity contribution in [1.29, 1.82) is 0 Å². The molecule has 0 unspecified atom stereocenters. The van der Waals surface area contributed by atoms with E-state index in [4.69, 9.17) is 4.74 Å². The number of hydrogen-bond donors (Lipinski definition) is 1. The molecular weight excluding hydrogens is 386 g/mol. The summed E-state index contributed by atoms with van der Waals surface area (Å²) in [6, 6.07) is 10.8. The molecule has 0 bridgehead atoms. The van der Waals surface area contributed by atoms with Crippen LogP contribution >= 0.6 is 0 Å². The van der Waals surface area contributed by atoms with E-state index in [1.165, 1.54) is 24.0 Å². The summed E-state index contributed by atoms with van der Waals surface area (Å²) in [6.07, 6.45) is 8.16. The smallest absolute Gasteiger partial charge is 0.311 e. The fourth-order valence-electron chi connectivity index (χ4n) is 6.87. The molecule has 168 valence electrons. The normalized spacial score (nSPS) is 38.9. The number of carbonyl (C=O) groups excluding carboxylic acids is 1. The lowest BCUT2D eigenvalue weighted by Gasteiger charge is -2.52. The van der Waals surface area contributed by atoms with Crippen LogP contribution in [-0.4, -0.2) is 47.8 Å². The Labute approximate surface area is 186 Å². The second kappa shape index (κ2) is 8.37. The van der Waals surface area contributed by atoms with Gasteiger partial charge in [-0.25, -0.2) is 0 Å². The molecule has 3 fully saturated rings. The lowest BCUT2D eigenvalue weighted by Crippen LogP contribution is -2.55. The Kier molecular flexibility index (Phi) is 5.72. The van der Waals surface area contributed by atoms with Crippen molar-refractivity contribution >= 4 is 5.97 Å². The van der Waals surface area contributed by atoms with Crippen molar-refractivity contribution in [3.63, 3.8) is 0 Å². The van der Waals surface area contributed by atoms with Crippen molar-refractivity contribution in [1.82, 2.24) is 4.90 Å². The molecule has 2 aliphatic carbocycles. The fourth-order valence-corrected chi connectivity index (χ4v) is 6.87. The Balaban J connectivity index is 1.24. The second-order valence-electron chi connectivity index (χ2n) is 10.7. The molecule has 4 heteroatoms. The topological polar surface area (TPSA) is 49.8 Å². The number of hydrogen-bond acceptors (Lipinski definition) is 4. The molecule has 4 nitrogen and oxygen atoms in total. The van der Waals surface area contributed by atoms with Crippen molar-refractivity contribution in [2.45, 2.75) is 64.6 Å². The van der Waals surface area contributed by atoms with E-state index in [9.17, 15) is 9.90 Å². The quantitative estimate of drug-likeness (QED) is 0.582. The first kappa shape index (κ1) is 21.2. The first-order valence-electron chi connectivity index (χ1n) is 12.3. The largest absolute Gasteiger partial charge is 0.461 e. The van der Waals surface area contributed by atoms with Gasteiger partial charge in [-0.3, -0.25) is 4.79 Å². The summed E-state index contributed by atoms with van der Waals surface area (Å²) >= 11 is 0. The number of benzene rings is 1.